The number of hydrogen-bond acceptors (Lipinski definition) is 5. The third-order valence-electron chi connectivity index (χ3n) is 5.16. The van der Waals surface area contributed by atoms with Gasteiger partial charge in [0.25, 0.3) is 15.9 Å². The second-order valence-corrected chi connectivity index (χ2v) is 9.32. The van der Waals surface area contributed by atoms with Gasteiger partial charge in [0.15, 0.2) is 6.61 Å². The maximum Gasteiger partial charge on any atom is 0.338 e. The fourth-order valence-corrected chi connectivity index (χ4v) is 5.47. The van der Waals surface area contributed by atoms with E-state index in [1.165, 1.54) is 28.6 Å². The van der Waals surface area contributed by atoms with Crippen LogP contribution in [0.4, 0.5) is 11.4 Å². The third-order valence-corrected chi connectivity index (χ3v) is 7.09. The molecule has 32 heavy (non-hydrogen) atoms. The normalized spacial score (nSPS) is 15.2. The molecule has 1 amide bonds. The largest absolute Gasteiger partial charge is 0.452 e. The number of rotatable bonds is 6. The van der Waals surface area contributed by atoms with E-state index in [2.05, 4.69) is 5.32 Å². The van der Waals surface area contributed by atoms with Crippen LogP contribution in [0, 0.1) is 0 Å². The van der Waals surface area contributed by atoms with E-state index in [1.807, 2.05) is 25.1 Å². The summed E-state index contributed by atoms with van der Waals surface area (Å²) < 4.78 is 33.2. The summed E-state index contributed by atoms with van der Waals surface area (Å²) >= 11 is 0. The predicted octanol–water partition coefficient (Wildman–Crippen LogP) is 3.62. The molecule has 4 rings (SSSR count). The average Bonchev–Trinajstić information content (AvgIpc) is 3.14. The van der Waals surface area contributed by atoms with Crippen molar-refractivity contribution < 1.29 is 22.7 Å². The lowest BCUT2D eigenvalue weighted by atomic mass is 10.1. The quantitative estimate of drug-likeness (QED) is 0.579. The molecule has 7 nitrogen and oxygen atoms in total. The van der Waals surface area contributed by atoms with Crippen molar-refractivity contribution in [2.24, 2.45) is 0 Å². The number of fused-ring (bicyclic) bond motifs is 1. The van der Waals surface area contributed by atoms with Crippen LogP contribution in [0.2, 0.25) is 0 Å². The van der Waals surface area contributed by atoms with E-state index in [0.717, 1.165) is 5.56 Å². The summed E-state index contributed by atoms with van der Waals surface area (Å²) in [5, 5.41) is 2.62. The fourth-order valence-electron chi connectivity index (χ4n) is 3.73. The predicted molar refractivity (Wildman–Crippen MR) is 121 cm³/mol. The van der Waals surface area contributed by atoms with Crippen LogP contribution < -0.4 is 9.62 Å². The van der Waals surface area contributed by atoms with Crippen LogP contribution in [-0.2, 0) is 26.0 Å². The first-order valence-electron chi connectivity index (χ1n) is 10.1. The highest BCUT2D eigenvalue weighted by atomic mass is 32.2. The SMILES string of the molecule is CC1Cc2ccccc2N1S(=O)(=O)c1cccc(C(=O)OCC(=O)Nc2ccccc2)c1. The third kappa shape index (κ3) is 4.36. The van der Waals surface area contributed by atoms with Crippen molar-refractivity contribution >= 4 is 33.3 Å². The Morgan fingerprint density at radius 2 is 1.72 bits per heavy atom. The molecule has 8 heteroatoms. The Hall–Kier alpha value is -3.65. The van der Waals surface area contributed by atoms with Gasteiger partial charge in [0.05, 0.1) is 16.1 Å². The second kappa shape index (κ2) is 8.84. The lowest BCUT2D eigenvalue weighted by molar-refractivity contribution is -0.119. The molecule has 0 saturated heterocycles. The van der Waals surface area contributed by atoms with Crippen LogP contribution >= 0.6 is 0 Å². The number of para-hydroxylation sites is 2. The molecule has 3 aromatic carbocycles. The van der Waals surface area contributed by atoms with Crippen molar-refractivity contribution in [3.8, 4) is 0 Å². The highest BCUT2D eigenvalue weighted by Gasteiger charge is 2.36. The zero-order chi connectivity index (χ0) is 22.7. The van der Waals surface area contributed by atoms with Crippen LogP contribution in [0.1, 0.15) is 22.8 Å². The summed E-state index contributed by atoms with van der Waals surface area (Å²) in [5.41, 5.74) is 2.24. The van der Waals surface area contributed by atoms with E-state index < -0.39 is 28.5 Å². The summed E-state index contributed by atoms with van der Waals surface area (Å²) in [6.45, 7) is 1.36. The molecule has 0 saturated carbocycles. The summed E-state index contributed by atoms with van der Waals surface area (Å²) in [5.74, 6) is -1.27. The number of carbonyl (C=O) groups is 2. The van der Waals surface area contributed by atoms with Crippen molar-refractivity contribution in [2.45, 2.75) is 24.3 Å². The van der Waals surface area contributed by atoms with E-state index >= 15 is 0 Å². The van der Waals surface area contributed by atoms with Crippen LogP contribution in [0.25, 0.3) is 0 Å². The van der Waals surface area contributed by atoms with Gasteiger partial charge >= 0.3 is 5.97 Å². The van der Waals surface area contributed by atoms with Gasteiger partial charge in [0, 0.05) is 11.7 Å². The Morgan fingerprint density at radius 3 is 2.50 bits per heavy atom. The van der Waals surface area contributed by atoms with E-state index in [4.69, 9.17) is 4.74 Å². The number of ether oxygens (including phenoxy) is 1. The van der Waals surface area contributed by atoms with E-state index in [9.17, 15) is 18.0 Å². The first kappa shape index (κ1) is 21.6. The van der Waals surface area contributed by atoms with Gasteiger partial charge in [-0.25, -0.2) is 13.2 Å². The van der Waals surface area contributed by atoms with Crippen molar-refractivity contribution in [2.75, 3.05) is 16.2 Å². The van der Waals surface area contributed by atoms with E-state index in [1.54, 1.807) is 36.4 Å². The lowest BCUT2D eigenvalue weighted by Gasteiger charge is -2.24. The van der Waals surface area contributed by atoms with Gasteiger partial charge in [-0.2, -0.15) is 0 Å². The Bertz CT molecular complexity index is 1260. The molecule has 0 spiro atoms. The summed E-state index contributed by atoms with van der Waals surface area (Å²) in [6, 6.07) is 21.6. The molecule has 1 heterocycles. The molecule has 0 aliphatic carbocycles. The molecule has 3 aromatic rings. The lowest BCUT2D eigenvalue weighted by Crippen LogP contribution is -2.35. The minimum atomic E-state index is -3.88. The molecule has 0 aromatic heterocycles. The van der Waals surface area contributed by atoms with Gasteiger partial charge in [0.1, 0.15) is 0 Å². The van der Waals surface area contributed by atoms with Gasteiger partial charge in [-0.05, 0) is 55.3 Å². The molecule has 164 valence electrons. The van der Waals surface area contributed by atoms with Crippen molar-refractivity contribution in [3.05, 3.63) is 90.0 Å². The highest BCUT2D eigenvalue weighted by molar-refractivity contribution is 7.92. The zero-order valence-corrected chi connectivity index (χ0v) is 18.2. The van der Waals surface area contributed by atoms with Crippen molar-refractivity contribution in [1.29, 1.82) is 0 Å². The zero-order valence-electron chi connectivity index (χ0n) is 17.4. The Labute approximate surface area is 186 Å². The van der Waals surface area contributed by atoms with Gasteiger partial charge < -0.3 is 10.1 Å². The molecular weight excluding hydrogens is 428 g/mol. The Kier molecular flexibility index (Phi) is 5.96. The number of nitrogens with one attached hydrogen (secondary N) is 1. The molecule has 0 bridgehead atoms. The fraction of sp³-hybridized carbons (Fsp3) is 0.167. The van der Waals surface area contributed by atoms with Crippen LogP contribution in [0.3, 0.4) is 0 Å². The van der Waals surface area contributed by atoms with Crippen LogP contribution in [-0.4, -0.2) is 32.9 Å². The second-order valence-electron chi connectivity index (χ2n) is 7.50. The van der Waals surface area contributed by atoms with Gasteiger partial charge in [-0.15, -0.1) is 0 Å². The Balaban J connectivity index is 1.48. The van der Waals surface area contributed by atoms with E-state index in [-0.39, 0.29) is 16.5 Å². The van der Waals surface area contributed by atoms with Gasteiger partial charge in [-0.3, -0.25) is 9.10 Å². The number of sulfonamides is 1. The van der Waals surface area contributed by atoms with Crippen LogP contribution in [0.15, 0.2) is 83.8 Å². The molecule has 1 aliphatic heterocycles. The standard InChI is InChI=1S/C24H22N2O5S/c1-17-14-18-8-5-6-13-22(18)26(17)32(29,30)21-12-7-9-19(15-21)24(28)31-16-23(27)25-20-10-3-2-4-11-20/h2-13,15,17H,14,16H2,1H3,(H,25,27). The van der Waals surface area contributed by atoms with Gasteiger partial charge in [0.2, 0.25) is 0 Å². The first-order valence-corrected chi connectivity index (χ1v) is 11.5. The number of anilines is 2. The minimum Gasteiger partial charge on any atom is -0.452 e. The molecule has 1 atom stereocenters. The minimum absolute atomic E-state index is 0.00996. The molecule has 0 fully saturated rings. The van der Waals surface area contributed by atoms with Crippen LogP contribution in [0.5, 0.6) is 0 Å². The Morgan fingerprint density at radius 1 is 1.00 bits per heavy atom. The van der Waals surface area contributed by atoms with Gasteiger partial charge in [-0.1, -0.05) is 42.5 Å². The molecule has 1 N–H and O–H groups in total. The number of nitrogens with zero attached hydrogens (tertiary/aromatic N) is 1. The summed E-state index contributed by atoms with van der Waals surface area (Å²) in [6.07, 6.45) is 0.619. The van der Waals surface area contributed by atoms with Crippen molar-refractivity contribution in [1.82, 2.24) is 0 Å². The number of amides is 1. The molecule has 1 unspecified atom stereocenters. The van der Waals surface area contributed by atoms with E-state index in [0.29, 0.717) is 17.8 Å². The highest BCUT2D eigenvalue weighted by Crippen LogP contribution is 2.36. The average molecular weight is 451 g/mol. The maximum atomic E-state index is 13.4. The first-order chi connectivity index (χ1) is 15.4. The molecule has 0 radical (unpaired) electrons. The molecule has 1 aliphatic rings. The number of hydrogen-bond donors (Lipinski definition) is 1. The maximum absolute atomic E-state index is 13.4. The summed E-state index contributed by atoms with van der Waals surface area (Å²) in [4.78, 5) is 24.5. The molecular formula is C24H22N2O5S. The summed E-state index contributed by atoms with van der Waals surface area (Å²) in [7, 11) is -3.88. The number of esters is 1. The number of carbonyl (C=O) groups excluding carboxylic acids is 2. The smallest absolute Gasteiger partial charge is 0.338 e. The van der Waals surface area contributed by atoms with Crippen molar-refractivity contribution in [3.63, 3.8) is 0 Å². The topological polar surface area (TPSA) is 92.8 Å². The number of benzene rings is 3. The monoisotopic (exact) mass is 450 g/mol.